The highest BCUT2D eigenvalue weighted by Gasteiger charge is 2.15. The van der Waals surface area contributed by atoms with Crippen LogP contribution in [0.1, 0.15) is 24.0 Å². The number of rotatable bonds is 7. The van der Waals surface area contributed by atoms with Gasteiger partial charge in [0.2, 0.25) is 5.91 Å². The number of amides is 1. The van der Waals surface area contributed by atoms with Crippen molar-refractivity contribution in [2.45, 2.75) is 19.3 Å². The summed E-state index contributed by atoms with van der Waals surface area (Å²) >= 11 is 0. The number of carbonyl (C=O) groups is 1. The third-order valence-corrected chi connectivity index (χ3v) is 4.42. The Morgan fingerprint density at radius 2 is 1.67 bits per heavy atom. The first kappa shape index (κ1) is 18.5. The molecular formula is C23H23NO3. The van der Waals surface area contributed by atoms with Crippen molar-refractivity contribution in [2.75, 3.05) is 6.54 Å². The van der Waals surface area contributed by atoms with E-state index >= 15 is 0 Å². The molecule has 0 radical (unpaired) electrons. The fourth-order valence-electron chi connectivity index (χ4n) is 2.82. The van der Waals surface area contributed by atoms with Gasteiger partial charge in [-0.3, -0.25) is 4.79 Å². The first-order valence-corrected chi connectivity index (χ1v) is 9.01. The van der Waals surface area contributed by atoms with Crippen LogP contribution in [0.25, 0.3) is 0 Å². The highest BCUT2D eigenvalue weighted by Crippen LogP contribution is 2.25. The van der Waals surface area contributed by atoms with Crippen molar-refractivity contribution in [2.24, 2.45) is 0 Å². The molecule has 0 spiro atoms. The molecule has 1 amide bonds. The average Bonchev–Trinajstić information content (AvgIpc) is 2.70. The van der Waals surface area contributed by atoms with Crippen LogP contribution in [-0.2, 0) is 11.2 Å². The number of para-hydroxylation sites is 2. The van der Waals surface area contributed by atoms with Crippen LogP contribution in [0.2, 0.25) is 0 Å². The van der Waals surface area contributed by atoms with Crippen LogP contribution in [0.3, 0.4) is 0 Å². The molecule has 0 saturated carbocycles. The Bertz CT molecular complexity index is 893. The molecule has 1 atom stereocenters. The summed E-state index contributed by atoms with van der Waals surface area (Å²) < 4.78 is 5.84. The first-order chi connectivity index (χ1) is 13.1. The number of ether oxygens (including phenoxy) is 1. The lowest BCUT2D eigenvalue weighted by Crippen LogP contribution is -2.29. The Kier molecular flexibility index (Phi) is 6.10. The molecular weight excluding hydrogens is 338 g/mol. The molecule has 0 heterocycles. The number of phenols is 1. The van der Waals surface area contributed by atoms with E-state index in [0.717, 1.165) is 16.9 Å². The van der Waals surface area contributed by atoms with Crippen LogP contribution in [0.4, 0.5) is 0 Å². The van der Waals surface area contributed by atoms with E-state index in [2.05, 4.69) is 5.32 Å². The minimum absolute atomic E-state index is 0.0534. The van der Waals surface area contributed by atoms with Crippen LogP contribution in [0.5, 0.6) is 17.2 Å². The minimum Gasteiger partial charge on any atom is -0.508 e. The first-order valence-electron chi connectivity index (χ1n) is 9.01. The second-order valence-electron chi connectivity index (χ2n) is 6.38. The zero-order valence-electron chi connectivity index (χ0n) is 15.3. The molecule has 0 aliphatic rings. The van der Waals surface area contributed by atoms with Crippen LogP contribution >= 0.6 is 0 Å². The molecule has 3 aromatic carbocycles. The number of nitrogens with one attached hydrogen (secondary N) is 1. The normalized spacial score (nSPS) is 11.6. The predicted molar refractivity (Wildman–Crippen MR) is 106 cm³/mol. The fraction of sp³-hybridized carbons (Fsp3) is 0.174. The Morgan fingerprint density at radius 3 is 2.44 bits per heavy atom. The third kappa shape index (κ3) is 5.11. The van der Waals surface area contributed by atoms with Gasteiger partial charge >= 0.3 is 0 Å². The van der Waals surface area contributed by atoms with E-state index in [4.69, 9.17) is 4.74 Å². The molecule has 138 valence electrons. The molecule has 0 saturated heterocycles. The number of hydrogen-bond acceptors (Lipinski definition) is 3. The smallest absolute Gasteiger partial charge is 0.227 e. The van der Waals surface area contributed by atoms with E-state index in [9.17, 15) is 9.90 Å². The van der Waals surface area contributed by atoms with Crippen LogP contribution in [-0.4, -0.2) is 17.6 Å². The number of phenolic OH excluding ortho intramolecular Hbond substituents is 1. The highest BCUT2D eigenvalue weighted by molar-refractivity contribution is 5.83. The molecule has 3 rings (SSSR count). The molecule has 0 aliphatic carbocycles. The Hall–Kier alpha value is -3.27. The van der Waals surface area contributed by atoms with Crippen LogP contribution in [0, 0.1) is 0 Å². The standard InChI is InChI=1S/C23H23NO3/c1-17(23(26)24-15-14-18-8-5-6-13-22(18)25)19-9-7-12-21(16-19)27-20-10-3-2-4-11-20/h2-13,16-17,25H,14-15H2,1H3,(H,24,26)/t17-/m0/s1. The lowest BCUT2D eigenvalue weighted by atomic mass is 10.00. The zero-order chi connectivity index (χ0) is 19.1. The minimum atomic E-state index is -0.298. The summed E-state index contributed by atoms with van der Waals surface area (Å²) in [5, 5.41) is 12.7. The molecule has 0 fully saturated rings. The van der Waals surface area contributed by atoms with Gasteiger partial charge in [0, 0.05) is 6.54 Å². The molecule has 0 bridgehead atoms. The fourth-order valence-corrected chi connectivity index (χ4v) is 2.82. The summed E-state index contributed by atoms with van der Waals surface area (Å²) in [4.78, 5) is 12.5. The topological polar surface area (TPSA) is 58.6 Å². The van der Waals surface area contributed by atoms with E-state index in [1.807, 2.05) is 73.7 Å². The number of benzene rings is 3. The second kappa shape index (κ2) is 8.90. The maximum Gasteiger partial charge on any atom is 0.227 e. The number of aromatic hydroxyl groups is 1. The lowest BCUT2D eigenvalue weighted by molar-refractivity contribution is -0.122. The lowest BCUT2D eigenvalue weighted by Gasteiger charge is -2.14. The van der Waals surface area contributed by atoms with Gasteiger partial charge in [-0.1, -0.05) is 48.5 Å². The predicted octanol–water partition coefficient (Wildman–Crippen LogP) is 4.65. The van der Waals surface area contributed by atoms with Crippen molar-refractivity contribution in [1.82, 2.24) is 5.32 Å². The highest BCUT2D eigenvalue weighted by atomic mass is 16.5. The molecule has 0 unspecified atom stereocenters. The van der Waals surface area contributed by atoms with Crippen molar-refractivity contribution in [3.05, 3.63) is 90.0 Å². The molecule has 2 N–H and O–H groups in total. The van der Waals surface area contributed by atoms with Gasteiger partial charge in [-0.2, -0.15) is 0 Å². The maximum atomic E-state index is 12.5. The monoisotopic (exact) mass is 361 g/mol. The van der Waals surface area contributed by atoms with Gasteiger partial charge in [0.1, 0.15) is 17.2 Å². The third-order valence-electron chi connectivity index (χ3n) is 4.42. The quantitative estimate of drug-likeness (QED) is 0.644. The van der Waals surface area contributed by atoms with Gasteiger partial charge in [-0.15, -0.1) is 0 Å². The van der Waals surface area contributed by atoms with Crippen molar-refractivity contribution in [3.63, 3.8) is 0 Å². The van der Waals surface area contributed by atoms with E-state index < -0.39 is 0 Å². The Labute approximate surface area is 159 Å². The summed E-state index contributed by atoms with van der Waals surface area (Å²) in [5.41, 5.74) is 1.72. The van der Waals surface area contributed by atoms with Gasteiger partial charge in [-0.05, 0) is 54.8 Å². The average molecular weight is 361 g/mol. The van der Waals surface area contributed by atoms with Crippen molar-refractivity contribution in [1.29, 1.82) is 0 Å². The molecule has 27 heavy (non-hydrogen) atoms. The van der Waals surface area contributed by atoms with Gasteiger partial charge in [0.25, 0.3) is 0 Å². The van der Waals surface area contributed by atoms with E-state index in [0.29, 0.717) is 18.7 Å². The molecule has 4 nitrogen and oxygen atoms in total. The van der Waals surface area contributed by atoms with E-state index in [-0.39, 0.29) is 17.6 Å². The largest absolute Gasteiger partial charge is 0.508 e. The van der Waals surface area contributed by atoms with Gasteiger partial charge in [0.05, 0.1) is 5.92 Å². The summed E-state index contributed by atoms with van der Waals surface area (Å²) in [7, 11) is 0. The second-order valence-corrected chi connectivity index (χ2v) is 6.38. The molecule has 4 heteroatoms. The number of hydrogen-bond donors (Lipinski definition) is 2. The molecule has 3 aromatic rings. The van der Waals surface area contributed by atoms with Crippen molar-refractivity contribution < 1.29 is 14.6 Å². The summed E-state index contributed by atoms with van der Waals surface area (Å²) in [5.74, 6) is 1.36. The van der Waals surface area contributed by atoms with Crippen molar-refractivity contribution in [3.8, 4) is 17.2 Å². The SMILES string of the molecule is C[C@H](C(=O)NCCc1ccccc1O)c1cccc(Oc2ccccc2)c1. The molecule has 0 aromatic heterocycles. The maximum absolute atomic E-state index is 12.5. The van der Waals surface area contributed by atoms with E-state index in [1.165, 1.54) is 0 Å². The van der Waals surface area contributed by atoms with Gasteiger partial charge in [0.15, 0.2) is 0 Å². The van der Waals surface area contributed by atoms with Crippen molar-refractivity contribution >= 4 is 5.91 Å². The Morgan fingerprint density at radius 1 is 0.963 bits per heavy atom. The van der Waals surface area contributed by atoms with Crippen LogP contribution in [0.15, 0.2) is 78.9 Å². The van der Waals surface area contributed by atoms with Crippen LogP contribution < -0.4 is 10.1 Å². The summed E-state index contributed by atoms with van der Waals surface area (Å²) in [6.45, 7) is 2.35. The van der Waals surface area contributed by atoms with Gasteiger partial charge in [-0.25, -0.2) is 0 Å². The zero-order valence-corrected chi connectivity index (χ0v) is 15.3. The summed E-state index contributed by atoms with van der Waals surface area (Å²) in [6, 6.07) is 24.3. The number of carbonyl (C=O) groups excluding carboxylic acids is 1. The van der Waals surface area contributed by atoms with E-state index in [1.54, 1.807) is 12.1 Å². The van der Waals surface area contributed by atoms with Gasteiger partial charge < -0.3 is 15.2 Å². The molecule has 0 aliphatic heterocycles. The Balaban J connectivity index is 1.58. The summed E-state index contributed by atoms with van der Waals surface area (Å²) in [6.07, 6.45) is 0.586.